The zero-order chi connectivity index (χ0) is 19.5. The molecule has 0 spiro atoms. The molecule has 0 aliphatic carbocycles. The molecule has 3 aromatic rings. The lowest BCUT2D eigenvalue weighted by atomic mass is 9.90. The Hall–Kier alpha value is -2.60. The molecule has 3 heterocycles. The van der Waals surface area contributed by atoms with Gasteiger partial charge in [-0.05, 0) is 55.9 Å². The number of H-pyrrole nitrogens is 1. The summed E-state index contributed by atoms with van der Waals surface area (Å²) in [6.45, 7) is 3.64. The van der Waals surface area contributed by atoms with Gasteiger partial charge in [0, 0.05) is 47.9 Å². The van der Waals surface area contributed by atoms with E-state index in [1.54, 1.807) is 13.1 Å². The molecule has 1 fully saturated rings. The van der Waals surface area contributed by atoms with Crippen LogP contribution < -0.4 is 0 Å². The van der Waals surface area contributed by atoms with Crippen LogP contribution in [0.15, 0.2) is 42.9 Å². The summed E-state index contributed by atoms with van der Waals surface area (Å²) >= 11 is 0. The molecule has 1 saturated heterocycles. The summed E-state index contributed by atoms with van der Waals surface area (Å²) in [5.74, 6) is 0.298. The third-order valence-corrected chi connectivity index (χ3v) is 5.52. The summed E-state index contributed by atoms with van der Waals surface area (Å²) in [5.41, 5.74) is 2.92. The first kappa shape index (κ1) is 18.7. The molecule has 0 radical (unpaired) electrons. The van der Waals surface area contributed by atoms with Crippen molar-refractivity contribution in [2.75, 3.05) is 19.6 Å². The summed E-state index contributed by atoms with van der Waals surface area (Å²) in [5, 5.41) is 8.96. The quantitative estimate of drug-likeness (QED) is 0.706. The van der Waals surface area contributed by atoms with Crippen LogP contribution >= 0.6 is 0 Å². The Kier molecular flexibility index (Phi) is 5.48. The molecule has 1 aromatic carbocycles. The number of hydrogen-bond acceptors (Lipinski definition) is 4. The summed E-state index contributed by atoms with van der Waals surface area (Å²) < 4.78 is 13.2. The van der Waals surface area contributed by atoms with Gasteiger partial charge in [-0.15, -0.1) is 0 Å². The van der Waals surface area contributed by atoms with Crippen molar-refractivity contribution in [1.29, 1.82) is 0 Å². The lowest BCUT2D eigenvalue weighted by molar-refractivity contribution is -0.123. The summed E-state index contributed by atoms with van der Waals surface area (Å²) in [7, 11) is 0. The van der Waals surface area contributed by atoms with Crippen molar-refractivity contribution in [3.8, 4) is 11.1 Å². The number of piperidine rings is 1. The highest BCUT2D eigenvalue weighted by Gasteiger charge is 2.25. The van der Waals surface area contributed by atoms with Gasteiger partial charge in [0.05, 0.1) is 6.20 Å². The zero-order valence-corrected chi connectivity index (χ0v) is 16.1. The Morgan fingerprint density at radius 3 is 2.75 bits per heavy atom. The second kappa shape index (κ2) is 8.19. The number of carbonyl (C=O) groups is 1. The van der Waals surface area contributed by atoms with Crippen molar-refractivity contribution < 1.29 is 9.18 Å². The van der Waals surface area contributed by atoms with Crippen molar-refractivity contribution >= 4 is 16.6 Å². The molecule has 146 valence electrons. The number of alkyl halides is 1. The van der Waals surface area contributed by atoms with Crippen LogP contribution in [0.5, 0.6) is 0 Å². The number of ketones is 1. The fraction of sp³-hybridized carbons (Fsp3) is 0.409. The number of rotatable bonds is 6. The van der Waals surface area contributed by atoms with Crippen LogP contribution in [0.1, 0.15) is 25.5 Å². The van der Waals surface area contributed by atoms with Gasteiger partial charge >= 0.3 is 0 Å². The molecule has 2 aromatic heterocycles. The molecule has 1 aliphatic heterocycles. The lowest BCUT2D eigenvalue weighted by Crippen LogP contribution is -2.39. The number of Topliss-reactive ketones (excluding diaryl/α,β-unsaturated/α-hetero) is 1. The average molecular weight is 380 g/mol. The molecule has 0 amide bonds. The number of benzene rings is 1. The number of likely N-dealkylation sites (tertiary alicyclic amines) is 1. The zero-order valence-electron chi connectivity index (χ0n) is 16.1. The second-order valence-corrected chi connectivity index (χ2v) is 7.72. The van der Waals surface area contributed by atoms with Gasteiger partial charge in [0.1, 0.15) is 12.0 Å². The summed E-state index contributed by atoms with van der Waals surface area (Å²) in [6.07, 6.45) is 6.65. The molecule has 1 N–H and O–H groups in total. The fourth-order valence-electron chi connectivity index (χ4n) is 3.99. The third kappa shape index (κ3) is 4.28. The average Bonchev–Trinajstić information content (AvgIpc) is 3.22. The van der Waals surface area contributed by atoms with Gasteiger partial charge in [-0.2, -0.15) is 5.10 Å². The highest BCUT2D eigenvalue weighted by molar-refractivity contribution is 5.88. The Balaban J connectivity index is 1.43. The number of carbonyl (C=O) groups excluding carboxylic acids is 1. The van der Waals surface area contributed by atoms with Gasteiger partial charge in [-0.3, -0.25) is 14.9 Å². The maximum atomic E-state index is 13.2. The molecular weight excluding hydrogens is 355 g/mol. The molecule has 1 atom stereocenters. The monoisotopic (exact) mass is 380 g/mol. The molecule has 5 nitrogen and oxygen atoms in total. The molecule has 0 bridgehead atoms. The first-order valence-corrected chi connectivity index (χ1v) is 9.85. The predicted molar refractivity (Wildman–Crippen MR) is 108 cm³/mol. The highest BCUT2D eigenvalue weighted by Crippen LogP contribution is 2.25. The van der Waals surface area contributed by atoms with Crippen LogP contribution in [0.4, 0.5) is 4.39 Å². The van der Waals surface area contributed by atoms with Crippen LogP contribution in [0.2, 0.25) is 0 Å². The van der Waals surface area contributed by atoms with E-state index in [1.807, 2.05) is 30.6 Å². The van der Waals surface area contributed by atoms with Gasteiger partial charge in [0.2, 0.25) is 0 Å². The molecule has 1 aliphatic rings. The predicted octanol–water partition coefficient (Wildman–Crippen LogP) is 3.81. The van der Waals surface area contributed by atoms with Crippen LogP contribution in [0.25, 0.3) is 21.9 Å². The van der Waals surface area contributed by atoms with E-state index in [4.69, 9.17) is 0 Å². The number of hydrogen-bond donors (Lipinski definition) is 1. The Labute approximate surface area is 164 Å². The smallest absolute Gasteiger partial charge is 0.142 e. The fourth-order valence-corrected chi connectivity index (χ4v) is 3.99. The molecule has 0 saturated carbocycles. The van der Waals surface area contributed by atoms with Crippen molar-refractivity contribution in [2.45, 2.75) is 32.4 Å². The number of pyridine rings is 1. The maximum Gasteiger partial charge on any atom is 0.142 e. The van der Waals surface area contributed by atoms with Crippen molar-refractivity contribution in [3.63, 3.8) is 0 Å². The molecule has 0 unspecified atom stereocenters. The van der Waals surface area contributed by atoms with E-state index in [9.17, 15) is 9.18 Å². The van der Waals surface area contributed by atoms with E-state index in [0.717, 1.165) is 53.5 Å². The number of halogens is 1. The van der Waals surface area contributed by atoms with Gasteiger partial charge in [0.25, 0.3) is 0 Å². The van der Waals surface area contributed by atoms with Crippen molar-refractivity contribution in [3.05, 3.63) is 48.5 Å². The molecule has 28 heavy (non-hydrogen) atoms. The van der Waals surface area contributed by atoms with E-state index in [1.165, 1.54) is 0 Å². The molecule has 4 rings (SSSR count). The van der Waals surface area contributed by atoms with Crippen molar-refractivity contribution in [2.24, 2.45) is 5.92 Å². The largest absolute Gasteiger partial charge is 0.300 e. The first-order chi connectivity index (χ1) is 13.6. The summed E-state index contributed by atoms with van der Waals surface area (Å²) in [6, 6.07) is 8.20. The Morgan fingerprint density at radius 1 is 1.21 bits per heavy atom. The topological polar surface area (TPSA) is 61.9 Å². The van der Waals surface area contributed by atoms with Gasteiger partial charge in [-0.1, -0.05) is 12.1 Å². The Bertz CT molecular complexity index is 946. The van der Waals surface area contributed by atoms with Gasteiger partial charge < -0.3 is 4.90 Å². The van der Waals surface area contributed by atoms with Crippen LogP contribution in [-0.2, 0) is 11.2 Å². The first-order valence-electron chi connectivity index (χ1n) is 9.85. The maximum absolute atomic E-state index is 13.2. The number of aromatic amines is 1. The normalized spacial score (nSPS) is 17.1. The SMILES string of the molecule is C[C@@H](F)CN1CCC(C(=O)Cc2cc3cc(-c4cn[nH]c4)ccc3cn2)CC1. The Morgan fingerprint density at radius 2 is 2.04 bits per heavy atom. The summed E-state index contributed by atoms with van der Waals surface area (Å²) in [4.78, 5) is 19.3. The van der Waals surface area contributed by atoms with Gasteiger partial charge in [0.15, 0.2) is 0 Å². The standard InChI is InChI=1S/C22H25FN4O/c1-15(23)14-27-6-4-16(5-7-27)22(28)10-21-9-19-8-17(20-12-25-26-13-20)2-3-18(19)11-24-21/h2-3,8-9,11-13,15-16H,4-7,10,14H2,1H3,(H,25,26)/t15-/m1/s1. The molecular formula is C22H25FN4O. The van der Waals surface area contributed by atoms with Crippen LogP contribution in [-0.4, -0.2) is 51.7 Å². The van der Waals surface area contributed by atoms with Crippen LogP contribution in [0.3, 0.4) is 0 Å². The number of nitrogens with zero attached hydrogens (tertiary/aromatic N) is 3. The van der Waals surface area contributed by atoms with Crippen LogP contribution in [0, 0.1) is 5.92 Å². The minimum absolute atomic E-state index is 0.0564. The van der Waals surface area contributed by atoms with Crippen molar-refractivity contribution in [1.82, 2.24) is 20.1 Å². The lowest BCUT2D eigenvalue weighted by Gasteiger charge is -2.31. The molecule has 6 heteroatoms. The van der Waals surface area contributed by atoms with E-state index < -0.39 is 6.17 Å². The van der Waals surface area contributed by atoms with E-state index in [0.29, 0.717) is 13.0 Å². The number of nitrogens with one attached hydrogen (secondary N) is 1. The van der Waals surface area contributed by atoms with E-state index in [2.05, 4.69) is 26.1 Å². The number of fused-ring (bicyclic) bond motifs is 1. The van der Waals surface area contributed by atoms with Gasteiger partial charge in [-0.25, -0.2) is 4.39 Å². The third-order valence-electron chi connectivity index (χ3n) is 5.52. The second-order valence-electron chi connectivity index (χ2n) is 7.72. The minimum atomic E-state index is -0.819. The number of aromatic nitrogens is 3. The van der Waals surface area contributed by atoms with E-state index in [-0.39, 0.29) is 11.7 Å². The van der Waals surface area contributed by atoms with E-state index >= 15 is 0 Å². The highest BCUT2D eigenvalue weighted by atomic mass is 19.1. The minimum Gasteiger partial charge on any atom is -0.300 e.